The molecule has 10 heteroatoms. The Morgan fingerprint density at radius 2 is 1.48 bits per heavy atom. The SMILES string of the molecule is COC(=O)c1cc(NC(=O)Nc2ccc(Oc3ccncc3)cc2)cc(C(F)(F)F)c1. The molecule has 0 saturated heterocycles. The van der Waals surface area contributed by atoms with Crippen LogP contribution >= 0.6 is 0 Å². The molecule has 0 aliphatic rings. The lowest BCUT2D eigenvalue weighted by molar-refractivity contribution is -0.137. The molecule has 3 rings (SSSR count). The first-order valence-electron chi connectivity index (χ1n) is 8.81. The van der Waals surface area contributed by atoms with Gasteiger partial charge in [0.2, 0.25) is 0 Å². The number of carbonyl (C=O) groups is 2. The number of nitrogens with one attached hydrogen (secondary N) is 2. The van der Waals surface area contributed by atoms with Crippen molar-refractivity contribution in [2.45, 2.75) is 6.18 Å². The zero-order chi connectivity index (χ0) is 22.4. The van der Waals surface area contributed by atoms with E-state index in [9.17, 15) is 22.8 Å². The lowest BCUT2D eigenvalue weighted by Crippen LogP contribution is -2.20. The maximum Gasteiger partial charge on any atom is 0.416 e. The van der Waals surface area contributed by atoms with Gasteiger partial charge in [0.05, 0.1) is 18.2 Å². The maximum atomic E-state index is 13.1. The highest BCUT2D eigenvalue weighted by Gasteiger charge is 2.32. The molecule has 0 aliphatic heterocycles. The average molecular weight is 431 g/mol. The molecule has 0 unspecified atom stereocenters. The van der Waals surface area contributed by atoms with Gasteiger partial charge in [0.1, 0.15) is 11.5 Å². The summed E-state index contributed by atoms with van der Waals surface area (Å²) in [6.07, 6.45) is -1.55. The molecule has 2 N–H and O–H groups in total. The van der Waals surface area contributed by atoms with Crippen molar-refractivity contribution in [1.29, 1.82) is 0 Å². The van der Waals surface area contributed by atoms with Crippen LogP contribution in [0.4, 0.5) is 29.3 Å². The number of aromatic nitrogens is 1. The van der Waals surface area contributed by atoms with E-state index in [-0.39, 0.29) is 11.3 Å². The van der Waals surface area contributed by atoms with E-state index in [2.05, 4.69) is 20.4 Å². The Morgan fingerprint density at radius 1 is 0.871 bits per heavy atom. The van der Waals surface area contributed by atoms with Crippen molar-refractivity contribution in [2.75, 3.05) is 17.7 Å². The van der Waals surface area contributed by atoms with Gasteiger partial charge in [0.25, 0.3) is 0 Å². The van der Waals surface area contributed by atoms with E-state index in [4.69, 9.17) is 4.74 Å². The van der Waals surface area contributed by atoms with Crippen molar-refractivity contribution in [1.82, 2.24) is 4.98 Å². The maximum absolute atomic E-state index is 13.1. The van der Waals surface area contributed by atoms with Gasteiger partial charge in [-0.2, -0.15) is 13.2 Å². The zero-order valence-electron chi connectivity index (χ0n) is 16.1. The van der Waals surface area contributed by atoms with Crippen molar-refractivity contribution in [3.8, 4) is 11.5 Å². The third kappa shape index (κ3) is 5.95. The molecular weight excluding hydrogens is 415 g/mol. The molecule has 2 aromatic carbocycles. The van der Waals surface area contributed by atoms with Crippen LogP contribution in [0.1, 0.15) is 15.9 Å². The van der Waals surface area contributed by atoms with Gasteiger partial charge in [0.15, 0.2) is 0 Å². The van der Waals surface area contributed by atoms with E-state index < -0.39 is 23.7 Å². The summed E-state index contributed by atoms with van der Waals surface area (Å²) < 4.78 is 49.4. The predicted molar refractivity (Wildman–Crippen MR) is 106 cm³/mol. The number of pyridine rings is 1. The van der Waals surface area contributed by atoms with Gasteiger partial charge in [-0.05, 0) is 54.6 Å². The summed E-state index contributed by atoms with van der Waals surface area (Å²) in [6, 6.07) is 11.3. The summed E-state index contributed by atoms with van der Waals surface area (Å²) in [5.41, 5.74) is -1.28. The Bertz CT molecular complexity index is 1070. The summed E-state index contributed by atoms with van der Waals surface area (Å²) in [4.78, 5) is 27.7. The topological polar surface area (TPSA) is 89.5 Å². The van der Waals surface area contributed by atoms with Crippen molar-refractivity contribution in [3.05, 3.63) is 78.1 Å². The van der Waals surface area contributed by atoms with E-state index in [1.807, 2.05) is 0 Å². The standard InChI is InChI=1S/C21H16F3N3O4/c1-30-19(28)13-10-14(21(22,23)24)12-16(11-13)27-20(29)26-15-2-4-17(5-3-15)31-18-6-8-25-9-7-18/h2-12H,1H3,(H2,26,27,29). The number of hydrogen-bond donors (Lipinski definition) is 2. The van der Waals surface area contributed by atoms with Gasteiger partial charge in [-0.1, -0.05) is 0 Å². The summed E-state index contributed by atoms with van der Waals surface area (Å²) >= 11 is 0. The molecule has 1 aromatic heterocycles. The molecule has 3 aromatic rings. The van der Waals surface area contributed by atoms with Crippen molar-refractivity contribution < 1.29 is 32.2 Å². The minimum Gasteiger partial charge on any atom is -0.465 e. The number of urea groups is 1. The first-order valence-corrected chi connectivity index (χ1v) is 8.81. The Labute approximate surface area is 174 Å². The quantitative estimate of drug-likeness (QED) is 0.534. The van der Waals surface area contributed by atoms with Crippen LogP contribution in [-0.2, 0) is 10.9 Å². The predicted octanol–water partition coefficient (Wildman–Crippen LogP) is 5.32. The molecule has 7 nitrogen and oxygen atoms in total. The Balaban J connectivity index is 1.69. The highest BCUT2D eigenvalue weighted by Crippen LogP contribution is 2.32. The number of alkyl halides is 3. The molecule has 0 radical (unpaired) electrons. The first kappa shape index (κ1) is 21.6. The third-order valence-electron chi connectivity index (χ3n) is 3.94. The molecule has 1 heterocycles. The number of amides is 2. The Hall–Kier alpha value is -4.08. The largest absolute Gasteiger partial charge is 0.465 e. The molecule has 0 saturated carbocycles. The highest BCUT2D eigenvalue weighted by molar-refractivity contribution is 6.01. The van der Waals surface area contributed by atoms with Crippen molar-refractivity contribution in [3.63, 3.8) is 0 Å². The van der Waals surface area contributed by atoms with Crippen molar-refractivity contribution in [2.24, 2.45) is 0 Å². The molecule has 0 fully saturated rings. The number of halogens is 3. The molecule has 0 bridgehead atoms. The molecule has 31 heavy (non-hydrogen) atoms. The molecular formula is C21H16F3N3O4. The number of ether oxygens (including phenoxy) is 2. The second-order valence-corrected chi connectivity index (χ2v) is 6.18. The summed E-state index contributed by atoms with van der Waals surface area (Å²) in [7, 11) is 1.05. The van der Waals surface area contributed by atoms with Crippen LogP contribution in [0, 0.1) is 0 Å². The third-order valence-corrected chi connectivity index (χ3v) is 3.94. The van der Waals surface area contributed by atoms with Gasteiger partial charge in [-0.25, -0.2) is 9.59 Å². The second kappa shape index (κ2) is 9.16. The number of hydrogen-bond acceptors (Lipinski definition) is 5. The van der Waals surface area contributed by atoms with E-state index in [0.29, 0.717) is 23.3 Å². The number of anilines is 2. The number of benzene rings is 2. The molecule has 0 atom stereocenters. The fourth-order valence-corrected chi connectivity index (χ4v) is 2.54. The van der Waals surface area contributed by atoms with Crippen LogP contribution in [0.25, 0.3) is 0 Å². The van der Waals surface area contributed by atoms with E-state index in [1.165, 1.54) is 0 Å². The molecule has 0 aliphatic carbocycles. The number of nitrogens with zero attached hydrogens (tertiary/aromatic N) is 1. The first-order chi connectivity index (χ1) is 14.7. The summed E-state index contributed by atoms with van der Waals surface area (Å²) in [5.74, 6) is 0.136. The van der Waals surface area contributed by atoms with E-state index >= 15 is 0 Å². The van der Waals surface area contributed by atoms with Crippen LogP contribution in [0.15, 0.2) is 67.0 Å². The second-order valence-electron chi connectivity index (χ2n) is 6.18. The van der Waals surface area contributed by atoms with Crippen LogP contribution in [-0.4, -0.2) is 24.1 Å². The van der Waals surface area contributed by atoms with Crippen LogP contribution in [0.3, 0.4) is 0 Å². The highest BCUT2D eigenvalue weighted by atomic mass is 19.4. The minimum absolute atomic E-state index is 0.217. The Morgan fingerprint density at radius 3 is 2.10 bits per heavy atom. The van der Waals surface area contributed by atoms with Gasteiger partial charge < -0.3 is 20.1 Å². The zero-order valence-corrected chi connectivity index (χ0v) is 16.1. The number of rotatable bonds is 5. The number of esters is 1. The summed E-state index contributed by atoms with van der Waals surface area (Å²) in [6.45, 7) is 0. The van der Waals surface area contributed by atoms with Crippen LogP contribution in [0.5, 0.6) is 11.5 Å². The number of methoxy groups -OCH3 is 1. The Kier molecular flexibility index (Phi) is 6.39. The lowest BCUT2D eigenvalue weighted by Gasteiger charge is -2.13. The van der Waals surface area contributed by atoms with E-state index in [1.54, 1.807) is 48.8 Å². The van der Waals surface area contributed by atoms with Gasteiger partial charge in [0, 0.05) is 23.8 Å². The van der Waals surface area contributed by atoms with Gasteiger partial charge in [-0.15, -0.1) is 0 Å². The fourth-order valence-electron chi connectivity index (χ4n) is 2.54. The van der Waals surface area contributed by atoms with Crippen LogP contribution < -0.4 is 15.4 Å². The van der Waals surface area contributed by atoms with Gasteiger partial charge in [-0.3, -0.25) is 4.98 Å². The average Bonchev–Trinajstić information content (AvgIpc) is 2.74. The smallest absolute Gasteiger partial charge is 0.416 e. The monoisotopic (exact) mass is 431 g/mol. The minimum atomic E-state index is -4.71. The number of carbonyl (C=O) groups excluding carboxylic acids is 2. The fraction of sp³-hybridized carbons (Fsp3) is 0.0952. The van der Waals surface area contributed by atoms with Crippen molar-refractivity contribution >= 4 is 23.4 Å². The summed E-state index contributed by atoms with van der Waals surface area (Å²) in [5, 5.41) is 4.77. The molecule has 2 amide bonds. The van der Waals surface area contributed by atoms with E-state index in [0.717, 1.165) is 19.2 Å². The van der Waals surface area contributed by atoms with Gasteiger partial charge >= 0.3 is 18.2 Å². The molecule has 160 valence electrons. The normalized spacial score (nSPS) is 10.8. The van der Waals surface area contributed by atoms with Crippen LogP contribution in [0.2, 0.25) is 0 Å². The lowest BCUT2D eigenvalue weighted by atomic mass is 10.1. The molecule has 0 spiro atoms.